The van der Waals surface area contributed by atoms with Crippen LogP contribution >= 0.6 is 11.3 Å². The van der Waals surface area contributed by atoms with Gasteiger partial charge in [-0.05, 0) is 11.5 Å². The second-order valence-electron chi connectivity index (χ2n) is 4.67. The Labute approximate surface area is 117 Å². The monoisotopic (exact) mass is 275 g/mol. The summed E-state index contributed by atoms with van der Waals surface area (Å²) in [4.78, 5) is 15.6. The fraction of sp³-hybridized carbons (Fsp3) is 0.333. The summed E-state index contributed by atoms with van der Waals surface area (Å²) in [7, 11) is 1.39. The van der Waals surface area contributed by atoms with Gasteiger partial charge in [-0.3, -0.25) is 4.79 Å². The fourth-order valence-electron chi connectivity index (χ4n) is 1.75. The summed E-state index contributed by atoms with van der Waals surface area (Å²) in [5, 5.41) is 2.84. The first kappa shape index (κ1) is 13.7. The first-order valence-corrected chi connectivity index (χ1v) is 7.09. The molecule has 0 atom stereocenters. The number of carbonyl (C=O) groups is 1. The van der Waals surface area contributed by atoms with Crippen LogP contribution in [0.1, 0.15) is 31.0 Å². The lowest BCUT2D eigenvalue weighted by Gasteiger charge is -2.05. The highest BCUT2D eigenvalue weighted by atomic mass is 32.1. The highest BCUT2D eigenvalue weighted by Crippen LogP contribution is 2.25. The molecule has 4 heteroatoms. The van der Waals surface area contributed by atoms with E-state index in [0.717, 1.165) is 16.3 Å². The van der Waals surface area contributed by atoms with Crippen LogP contribution in [0.2, 0.25) is 0 Å². The Morgan fingerprint density at radius 3 is 2.58 bits per heavy atom. The normalized spacial score (nSPS) is 10.7. The molecule has 0 N–H and O–H groups in total. The quantitative estimate of drug-likeness (QED) is 0.800. The van der Waals surface area contributed by atoms with Gasteiger partial charge in [-0.15, -0.1) is 11.3 Å². The summed E-state index contributed by atoms with van der Waals surface area (Å²) < 4.78 is 4.64. The fourth-order valence-corrected chi connectivity index (χ4v) is 2.58. The molecule has 0 fully saturated rings. The van der Waals surface area contributed by atoms with Crippen molar-refractivity contribution in [3.8, 4) is 10.6 Å². The van der Waals surface area contributed by atoms with E-state index in [4.69, 9.17) is 0 Å². The van der Waals surface area contributed by atoms with Gasteiger partial charge in [0.05, 0.1) is 19.2 Å². The molecule has 1 aromatic heterocycles. The summed E-state index contributed by atoms with van der Waals surface area (Å²) in [5.74, 6) is 0.271. The van der Waals surface area contributed by atoms with Gasteiger partial charge >= 0.3 is 5.97 Å². The molecule has 19 heavy (non-hydrogen) atoms. The van der Waals surface area contributed by atoms with Crippen LogP contribution in [0.15, 0.2) is 29.6 Å². The Hall–Kier alpha value is -1.68. The molecular formula is C15H17NO2S. The molecule has 0 unspecified atom stereocenters. The van der Waals surface area contributed by atoms with Gasteiger partial charge < -0.3 is 4.74 Å². The summed E-state index contributed by atoms with van der Waals surface area (Å²) in [5.41, 5.74) is 3.17. The van der Waals surface area contributed by atoms with Gasteiger partial charge in [0.2, 0.25) is 0 Å². The molecule has 0 spiro atoms. The highest BCUT2D eigenvalue weighted by molar-refractivity contribution is 7.13. The van der Waals surface area contributed by atoms with Crippen LogP contribution in [-0.4, -0.2) is 18.1 Å². The molecule has 0 amide bonds. The van der Waals surface area contributed by atoms with Crippen LogP contribution in [0.25, 0.3) is 10.6 Å². The Bertz CT molecular complexity index is 558. The standard InChI is InChI=1S/C15H17NO2S/c1-10(2)11-4-6-12(7-5-11)15-16-13(9-19-15)8-14(17)18-3/h4-7,9-10H,8H2,1-3H3. The smallest absolute Gasteiger partial charge is 0.311 e. The molecule has 100 valence electrons. The third-order valence-electron chi connectivity index (χ3n) is 2.93. The van der Waals surface area contributed by atoms with Crippen LogP contribution < -0.4 is 0 Å². The number of thiazole rings is 1. The minimum Gasteiger partial charge on any atom is -0.469 e. The van der Waals surface area contributed by atoms with E-state index in [0.29, 0.717) is 5.92 Å². The first-order chi connectivity index (χ1) is 9.10. The van der Waals surface area contributed by atoms with Crippen molar-refractivity contribution in [3.63, 3.8) is 0 Å². The minimum absolute atomic E-state index is 0.233. The van der Waals surface area contributed by atoms with E-state index >= 15 is 0 Å². The highest BCUT2D eigenvalue weighted by Gasteiger charge is 2.09. The van der Waals surface area contributed by atoms with Crippen LogP contribution in [0.4, 0.5) is 0 Å². The van der Waals surface area contributed by atoms with Crippen molar-refractivity contribution in [3.05, 3.63) is 40.9 Å². The summed E-state index contributed by atoms with van der Waals surface area (Å²) in [6.07, 6.45) is 0.233. The molecule has 0 radical (unpaired) electrons. The van der Waals surface area contributed by atoms with E-state index in [1.165, 1.54) is 12.7 Å². The Morgan fingerprint density at radius 1 is 1.32 bits per heavy atom. The number of nitrogens with zero attached hydrogens (tertiary/aromatic N) is 1. The second-order valence-corrected chi connectivity index (χ2v) is 5.53. The predicted octanol–water partition coefficient (Wildman–Crippen LogP) is 3.65. The van der Waals surface area contributed by atoms with E-state index in [1.54, 1.807) is 11.3 Å². The minimum atomic E-state index is -0.257. The maximum absolute atomic E-state index is 11.2. The van der Waals surface area contributed by atoms with E-state index in [9.17, 15) is 4.79 Å². The van der Waals surface area contributed by atoms with Gasteiger partial charge in [0, 0.05) is 10.9 Å². The molecule has 2 rings (SSSR count). The summed E-state index contributed by atoms with van der Waals surface area (Å²) >= 11 is 1.55. The lowest BCUT2D eigenvalue weighted by Crippen LogP contribution is -2.04. The van der Waals surface area contributed by atoms with Gasteiger partial charge in [0.15, 0.2) is 0 Å². The molecule has 0 bridgehead atoms. The van der Waals surface area contributed by atoms with Crippen molar-refractivity contribution in [2.75, 3.05) is 7.11 Å². The lowest BCUT2D eigenvalue weighted by atomic mass is 10.0. The number of hydrogen-bond donors (Lipinski definition) is 0. The zero-order valence-electron chi connectivity index (χ0n) is 11.3. The number of rotatable bonds is 4. The van der Waals surface area contributed by atoms with Crippen molar-refractivity contribution in [1.82, 2.24) is 4.98 Å². The van der Waals surface area contributed by atoms with Gasteiger partial charge in [-0.1, -0.05) is 38.1 Å². The Kier molecular flexibility index (Phi) is 4.32. The number of methoxy groups -OCH3 is 1. The molecule has 3 nitrogen and oxygen atoms in total. The molecule has 0 aliphatic heterocycles. The number of hydrogen-bond acceptors (Lipinski definition) is 4. The molecule has 2 aromatic rings. The van der Waals surface area contributed by atoms with Gasteiger partial charge in [0.1, 0.15) is 5.01 Å². The van der Waals surface area contributed by atoms with Crippen molar-refractivity contribution in [1.29, 1.82) is 0 Å². The van der Waals surface area contributed by atoms with Crippen molar-refractivity contribution >= 4 is 17.3 Å². The van der Waals surface area contributed by atoms with Crippen LogP contribution in [0.5, 0.6) is 0 Å². The molecular weight excluding hydrogens is 258 g/mol. The van der Waals surface area contributed by atoms with Crippen LogP contribution in [0, 0.1) is 0 Å². The number of benzene rings is 1. The van der Waals surface area contributed by atoms with Crippen molar-refractivity contribution in [2.45, 2.75) is 26.2 Å². The van der Waals surface area contributed by atoms with Gasteiger partial charge in [-0.25, -0.2) is 4.98 Å². The van der Waals surface area contributed by atoms with Crippen LogP contribution in [-0.2, 0) is 16.0 Å². The SMILES string of the molecule is COC(=O)Cc1csc(-c2ccc(C(C)C)cc2)n1. The Morgan fingerprint density at radius 2 is 2.00 bits per heavy atom. The van der Waals surface area contributed by atoms with Crippen molar-refractivity contribution < 1.29 is 9.53 Å². The molecule has 0 saturated heterocycles. The van der Waals surface area contributed by atoms with E-state index in [-0.39, 0.29) is 12.4 Å². The second kappa shape index (κ2) is 5.97. The topological polar surface area (TPSA) is 39.2 Å². The zero-order chi connectivity index (χ0) is 13.8. The van der Waals surface area contributed by atoms with E-state index in [2.05, 4.69) is 47.8 Å². The maximum atomic E-state index is 11.2. The third kappa shape index (κ3) is 3.41. The summed E-state index contributed by atoms with van der Waals surface area (Å²) in [6.45, 7) is 4.35. The van der Waals surface area contributed by atoms with Gasteiger partial charge in [0.25, 0.3) is 0 Å². The number of aromatic nitrogens is 1. The Balaban J connectivity index is 2.16. The first-order valence-electron chi connectivity index (χ1n) is 6.21. The van der Waals surface area contributed by atoms with E-state index in [1.807, 2.05) is 5.38 Å². The zero-order valence-corrected chi connectivity index (χ0v) is 12.2. The van der Waals surface area contributed by atoms with E-state index < -0.39 is 0 Å². The number of carbonyl (C=O) groups excluding carboxylic acids is 1. The molecule has 0 saturated carbocycles. The lowest BCUT2D eigenvalue weighted by molar-refractivity contribution is -0.139. The largest absolute Gasteiger partial charge is 0.469 e. The molecule has 1 aromatic carbocycles. The van der Waals surface area contributed by atoms with Crippen LogP contribution in [0.3, 0.4) is 0 Å². The molecule has 0 aliphatic carbocycles. The summed E-state index contributed by atoms with van der Waals surface area (Å²) in [6, 6.07) is 8.41. The molecule has 0 aliphatic rings. The number of esters is 1. The predicted molar refractivity (Wildman–Crippen MR) is 77.4 cm³/mol. The average molecular weight is 275 g/mol. The maximum Gasteiger partial charge on any atom is 0.311 e. The van der Waals surface area contributed by atoms with Gasteiger partial charge in [-0.2, -0.15) is 0 Å². The molecule has 1 heterocycles. The third-order valence-corrected chi connectivity index (χ3v) is 3.87. The average Bonchev–Trinajstić information content (AvgIpc) is 2.87. The number of ether oxygens (including phenoxy) is 1. The van der Waals surface area contributed by atoms with Crippen molar-refractivity contribution in [2.24, 2.45) is 0 Å².